The van der Waals surface area contributed by atoms with Gasteiger partial charge in [-0.2, -0.15) is 0 Å². The maximum atomic E-state index is 12.4. The smallest absolute Gasteiger partial charge is 0.412 e. The first-order valence-electron chi connectivity index (χ1n) is 8.60. The van der Waals surface area contributed by atoms with Crippen LogP contribution in [-0.2, 0) is 39.9 Å². The van der Waals surface area contributed by atoms with Gasteiger partial charge in [0.25, 0.3) is 0 Å². The number of hydrogen-bond acceptors (Lipinski definition) is 9. The van der Waals surface area contributed by atoms with E-state index in [1.54, 1.807) is 44.4 Å². The lowest BCUT2D eigenvalue weighted by molar-refractivity contribution is -0.141. The topological polar surface area (TPSA) is 120 Å². The first kappa shape index (κ1) is 24.2. The number of methoxy groups -OCH3 is 3. The molecule has 1 amide bonds. The Morgan fingerprint density at radius 1 is 0.900 bits per heavy atom. The van der Waals surface area contributed by atoms with Gasteiger partial charge in [0.15, 0.2) is 0 Å². The van der Waals surface area contributed by atoms with Gasteiger partial charge >= 0.3 is 24.0 Å². The molecule has 1 N–H and O–H groups in total. The second kappa shape index (κ2) is 11.9. The van der Waals surface area contributed by atoms with Gasteiger partial charge in [0.05, 0.1) is 26.9 Å². The van der Waals surface area contributed by atoms with E-state index in [0.29, 0.717) is 5.56 Å². The lowest BCUT2D eigenvalue weighted by atomic mass is 10.0. The normalized spacial score (nSPS) is 11.6. The summed E-state index contributed by atoms with van der Waals surface area (Å²) in [6, 6.07) is 8.80. The van der Waals surface area contributed by atoms with Gasteiger partial charge in [0.1, 0.15) is 17.9 Å². The van der Waals surface area contributed by atoms with Crippen LogP contribution in [0.1, 0.15) is 5.56 Å². The molecule has 1 aromatic rings. The molecule has 0 aliphatic carbocycles. The summed E-state index contributed by atoms with van der Waals surface area (Å²) in [6.45, 7) is -0.0912. The summed E-state index contributed by atoms with van der Waals surface area (Å²) < 4.78 is 19.1. The average molecular weight is 420 g/mol. The molecule has 0 aromatic heterocycles. The Morgan fingerprint density at radius 3 is 1.97 bits per heavy atom. The maximum absolute atomic E-state index is 12.4. The number of benzene rings is 1. The molecule has 10 nitrogen and oxygen atoms in total. The Hall–Kier alpha value is -3.82. The molecule has 0 aliphatic heterocycles. The molecular weight excluding hydrogens is 396 g/mol. The zero-order valence-electron chi connectivity index (χ0n) is 17.4. The highest BCUT2D eigenvalue weighted by Crippen LogP contribution is 2.19. The van der Waals surface area contributed by atoms with Gasteiger partial charge < -0.3 is 23.8 Å². The highest BCUT2D eigenvalue weighted by atomic mass is 16.6. The van der Waals surface area contributed by atoms with Gasteiger partial charge in [-0.25, -0.2) is 19.2 Å². The second-order valence-electron chi connectivity index (χ2n) is 5.92. The molecule has 0 bridgehead atoms. The van der Waals surface area contributed by atoms with Crippen molar-refractivity contribution in [2.75, 3.05) is 35.4 Å². The van der Waals surface area contributed by atoms with Crippen LogP contribution < -0.4 is 5.32 Å². The summed E-state index contributed by atoms with van der Waals surface area (Å²) in [7, 11) is 6.35. The predicted molar refractivity (Wildman–Crippen MR) is 105 cm³/mol. The quantitative estimate of drug-likeness (QED) is 0.285. The monoisotopic (exact) mass is 420 g/mol. The highest BCUT2D eigenvalue weighted by molar-refractivity contribution is 6.12. The van der Waals surface area contributed by atoms with Crippen LogP contribution in [0.5, 0.6) is 0 Å². The van der Waals surface area contributed by atoms with E-state index < -0.39 is 35.3 Å². The van der Waals surface area contributed by atoms with Crippen LogP contribution in [0.3, 0.4) is 0 Å². The Morgan fingerprint density at radius 2 is 1.47 bits per heavy atom. The van der Waals surface area contributed by atoms with E-state index in [2.05, 4.69) is 10.1 Å². The van der Waals surface area contributed by atoms with Crippen molar-refractivity contribution in [1.29, 1.82) is 0 Å². The number of ether oxygens (including phenoxy) is 4. The number of hydrogen-bond donors (Lipinski definition) is 1. The summed E-state index contributed by atoms with van der Waals surface area (Å²) in [5, 5.41) is 2.16. The minimum absolute atomic E-state index is 0.0912. The van der Waals surface area contributed by atoms with E-state index >= 15 is 0 Å². The zero-order valence-corrected chi connectivity index (χ0v) is 17.4. The van der Waals surface area contributed by atoms with Crippen molar-refractivity contribution >= 4 is 24.0 Å². The number of nitrogens with one attached hydrogen (secondary N) is 1. The van der Waals surface area contributed by atoms with Crippen molar-refractivity contribution in [2.45, 2.75) is 6.61 Å². The number of esters is 3. The number of carbonyl (C=O) groups is 4. The van der Waals surface area contributed by atoms with E-state index in [9.17, 15) is 19.2 Å². The SMILES string of the molecule is COC(=O)C(=C/N(C)C)/C(C(=O)OC)=C(\NC(=O)OCc1ccccc1)C(=O)OC. The van der Waals surface area contributed by atoms with Crippen LogP contribution in [-0.4, -0.2) is 64.3 Å². The molecule has 1 rings (SSSR count). The standard InChI is InChI=1S/C20H24N2O8/c1-22(2)11-14(17(23)27-3)15(18(24)28-4)16(19(25)29-5)21-20(26)30-12-13-9-7-6-8-10-13/h6-11H,12H2,1-5H3,(H,21,26)/b14-11+,16-15+. The minimum Gasteiger partial charge on any atom is -0.465 e. The van der Waals surface area contributed by atoms with Crippen LogP contribution in [0.15, 0.2) is 53.4 Å². The van der Waals surface area contributed by atoms with E-state index in [-0.39, 0.29) is 12.2 Å². The molecule has 0 fully saturated rings. The van der Waals surface area contributed by atoms with Crippen molar-refractivity contribution in [3.05, 3.63) is 58.9 Å². The van der Waals surface area contributed by atoms with Crippen molar-refractivity contribution < 1.29 is 38.1 Å². The molecule has 0 unspecified atom stereocenters. The second-order valence-corrected chi connectivity index (χ2v) is 5.92. The lowest BCUT2D eigenvalue weighted by Gasteiger charge is -2.16. The van der Waals surface area contributed by atoms with E-state index in [1.165, 1.54) is 11.1 Å². The number of carbonyl (C=O) groups excluding carboxylic acids is 4. The first-order valence-corrected chi connectivity index (χ1v) is 8.60. The summed E-state index contributed by atoms with van der Waals surface area (Å²) in [4.78, 5) is 50.7. The largest absolute Gasteiger partial charge is 0.465 e. The Bertz CT molecular complexity index is 844. The Balaban J connectivity index is 3.39. The molecule has 0 saturated heterocycles. The van der Waals surface area contributed by atoms with Crippen LogP contribution in [0, 0.1) is 0 Å². The molecule has 162 valence electrons. The molecule has 0 atom stereocenters. The lowest BCUT2D eigenvalue weighted by Crippen LogP contribution is -2.33. The van der Waals surface area contributed by atoms with Gasteiger partial charge in [-0.1, -0.05) is 30.3 Å². The predicted octanol–water partition coefficient (Wildman–Crippen LogP) is 1.13. The van der Waals surface area contributed by atoms with Crippen molar-refractivity contribution in [2.24, 2.45) is 0 Å². The number of alkyl carbamates (subject to hydrolysis) is 1. The van der Waals surface area contributed by atoms with Crippen molar-refractivity contribution in [3.8, 4) is 0 Å². The number of amides is 1. The average Bonchev–Trinajstić information content (AvgIpc) is 2.75. The Labute approximate surface area is 174 Å². The third kappa shape index (κ3) is 6.97. The summed E-state index contributed by atoms with van der Waals surface area (Å²) in [5.41, 5.74) is -0.826. The van der Waals surface area contributed by atoms with Gasteiger partial charge in [-0.3, -0.25) is 5.32 Å². The van der Waals surface area contributed by atoms with Crippen LogP contribution in [0.4, 0.5) is 4.79 Å². The molecule has 10 heteroatoms. The van der Waals surface area contributed by atoms with E-state index in [0.717, 1.165) is 21.3 Å². The van der Waals surface area contributed by atoms with Gasteiger partial charge in [-0.05, 0) is 5.56 Å². The minimum atomic E-state index is -1.10. The fraction of sp³-hybridized carbons (Fsp3) is 0.300. The molecule has 0 heterocycles. The van der Waals surface area contributed by atoms with Crippen LogP contribution in [0.25, 0.3) is 0 Å². The summed E-state index contributed by atoms with van der Waals surface area (Å²) in [5.74, 6) is -3.11. The van der Waals surface area contributed by atoms with Crippen molar-refractivity contribution in [1.82, 2.24) is 10.2 Å². The molecule has 0 radical (unpaired) electrons. The third-order valence-electron chi connectivity index (χ3n) is 3.53. The van der Waals surface area contributed by atoms with Crippen LogP contribution in [0.2, 0.25) is 0 Å². The van der Waals surface area contributed by atoms with Gasteiger partial charge in [0.2, 0.25) is 0 Å². The maximum Gasteiger partial charge on any atom is 0.412 e. The van der Waals surface area contributed by atoms with Gasteiger partial charge in [-0.15, -0.1) is 0 Å². The number of rotatable bonds is 8. The molecule has 1 aromatic carbocycles. The fourth-order valence-electron chi connectivity index (χ4n) is 2.22. The molecule has 0 spiro atoms. The van der Waals surface area contributed by atoms with Crippen molar-refractivity contribution in [3.63, 3.8) is 0 Å². The number of nitrogens with zero attached hydrogens (tertiary/aromatic N) is 1. The molecule has 0 saturated carbocycles. The zero-order chi connectivity index (χ0) is 22.7. The third-order valence-corrected chi connectivity index (χ3v) is 3.53. The fourth-order valence-corrected chi connectivity index (χ4v) is 2.22. The molecule has 0 aliphatic rings. The highest BCUT2D eigenvalue weighted by Gasteiger charge is 2.32. The van der Waals surface area contributed by atoms with E-state index in [1.807, 2.05) is 0 Å². The molecule has 30 heavy (non-hydrogen) atoms. The van der Waals surface area contributed by atoms with Gasteiger partial charge in [0, 0.05) is 20.3 Å². The van der Waals surface area contributed by atoms with E-state index in [4.69, 9.17) is 14.2 Å². The van der Waals surface area contributed by atoms with Crippen LogP contribution >= 0.6 is 0 Å². The summed E-state index contributed by atoms with van der Waals surface area (Å²) >= 11 is 0. The molecular formula is C20H24N2O8. The first-order chi connectivity index (χ1) is 14.2. The summed E-state index contributed by atoms with van der Waals surface area (Å²) in [6.07, 6.45) is 0.188. The Kier molecular flexibility index (Phi) is 9.60.